The van der Waals surface area contributed by atoms with E-state index in [1.54, 1.807) is 6.07 Å². The zero-order valence-corrected chi connectivity index (χ0v) is 11.3. The van der Waals surface area contributed by atoms with E-state index in [0.717, 1.165) is 0 Å². The van der Waals surface area contributed by atoms with Gasteiger partial charge < -0.3 is 4.90 Å². The first-order valence-electron chi connectivity index (χ1n) is 5.64. The molecule has 19 heavy (non-hydrogen) atoms. The highest BCUT2D eigenvalue weighted by molar-refractivity contribution is 9.10. The molecule has 1 aliphatic heterocycles. The predicted octanol–water partition coefficient (Wildman–Crippen LogP) is 1.51. The largest absolute Gasteiger partial charge is 0.335 e. The number of hydrogen-bond acceptors (Lipinski definition) is 3. The van der Waals surface area contributed by atoms with E-state index in [1.807, 2.05) is 0 Å². The van der Waals surface area contributed by atoms with Crippen molar-refractivity contribution in [2.75, 3.05) is 13.1 Å². The fourth-order valence-electron chi connectivity index (χ4n) is 1.97. The first-order chi connectivity index (χ1) is 9.04. The average Bonchev–Trinajstić information content (AvgIpc) is 2.62. The predicted molar refractivity (Wildman–Crippen MR) is 66.7 cm³/mol. The number of carbonyl (C=O) groups excluding carboxylic acids is 1. The highest BCUT2D eigenvalue weighted by Crippen LogP contribution is 2.20. The lowest BCUT2D eigenvalue weighted by atomic mass is 10.2. The Morgan fingerprint density at radius 2 is 2.26 bits per heavy atom. The summed E-state index contributed by atoms with van der Waals surface area (Å²) >= 11 is 3.23. The summed E-state index contributed by atoms with van der Waals surface area (Å²) in [5.74, 6) is -0.999. The Labute approximate surface area is 115 Å². The van der Waals surface area contributed by atoms with Crippen LogP contribution < -0.4 is 0 Å². The van der Waals surface area contributed by atoms with Crippen molar-refractivity contribution in [2.45, 2.75) is 12.7 Å². The molecule has 0 saturated carbocycles. The number of aromatic nitrogens is 3. The number of rotatable bonds is 2. The summed E-state index contributed by atoms with van der Waals surface area (Å²) in [6, 6.07) is 1.64. The molecule has 1 aliphatic rings. The summed E-state index contributed by atoms with van der Waals surface area (Å²) in [6.07, 6.45) is 0.508. The van der Waals surface area contributed by atoms with Crippen molar-refractivity contribution < 1.29 is 13.6 Å². The molecule has 0 spiro atoms. The molecule has 0 radical (unpaired) electrons. The second-order valence-corrected chi connectivity index (χ2v) is 5.28. The highest BCUT2D eigenvalue weighted by Gasteiger charge is 2.30. The van der Waals surface area contributed by atoms with Gasteiger partial charge in [-0.1, -0.05) is 0 Å². The molecule has 1 fully saturated rings. The third-order valence-corrected chi connectivity index (χ3v) is 3.42. The lowest BCUT2D eigenvalue weighted by Gasteiger charge is -2.34. The molecular weight excluding hydrogens is 322 g/mol. The molecule has 1 amide bonds. The van der Waals surface area contributed by atoms with Crippen molar-refractivity contribution in [3.05, 3.63) is 22.7 Å². The number of amides is 1. The van der Waals surface area contributed by atoms with Gasteiger partial charge in [0.1, 0.15) is 18.2 Å². The molecule has 2 aromatic heterocycles. The summed E-state index contributed by atoms with van der Waals surface area (Å²) in [7, 11) is 0. The molecule has 1 saturated heterocycles. The monoisotopic (exact) mass is 330 g/mol. The van der Waals surface area contributed by atoms with E-state index in [9.17, 15) is 13.6 Å². The van der Waals surface area contributed by atoms with Crippen LogP contribution in [0.1, 0.15) is 0 Å². The Bertz CT molecular complexity index is 653. The third kappa shape index (κ3) is 2.20. The fraction of sp³-hybridized carbons (Fsp3) is 0.364. The third-order valence-electron chi connectivity index (χ3n) is 2.99. The Morgan fingerprint density at radius 3 is 2.95 bits per heavy atom. The van der Waals surface area contributed by atoms with Gasteiger partial charge in [-0.2, -0.15) is 4.39 Å². The molecule has 3 heterocycles. The quantitative estimate of drug-likeness (QED) is 0.838. The minimum absolute atomic E-state index is 0.0997. The summed E-state index contributed by atoms with van der Waals surface area (Å²) in [6.45, 7) is 0.0796. The molecular formula is C11H9BrF2N4O. The zero-order chi connectivity index (χ0) is 13.6. The number of carbonyl (C=O) groups is 1. The van der Waals surface area contributed by atoms with Gasteiger partial charge in [0.2, 0.25) is 5.91 Å². The number of fused-ring (bicyclic) bond motifs is 1. The first-order valence-corrected chi connectivity index (χ1v) is 6.43. The molecule has 8 heteroatoms. The second-order valence-electron chi connectivity index (χ2n) is 4.37. The van der Waals surface area contributed by atoms with Crippen LogP contribution in [0.3, 0.4) is 0 Å². The minimum Gasteiger partial charge on any atom is -0.335 e. The van der Waals surface area contributed by atoms with E-state index in [0.29, 0.717) is 9.99 Å². The number of hydrogen-bond donors (Lipinski definition) is 0. The molecule has 0 unspecified atom stereocenters. The van der Waals surface area contributed by atoms with Gasteiger partial charge in [0.25, 0.3) is 5.95 Å². The van der Waals surface area contributed by atoms with Crippen molar-refractivity contribution in [1.82, 2.24) is 19.7 Å². The van der Waals surface area contributed by atoms with Crippen molar-refractivity contribution in [3.63, 3.8) is 0 Å². The van der Waals surface area contributed by atoms with Crippen LogP contribution in [0.5, 0.6) is 0 Å². The van der Waals surface area contributed by atoms with Gasteiger partial charge in [0.05, 0.1) is 18.6 Å². The van der Waals surface area contributed by atoms with Gasteiger partial charge in [-0.3, -0.25) is 9.48 Å². The summed E-state index contributed by atoms with van der Waals surface area (Å²) < 4.78 is 28.2. The summed E-state index contributed by atoms with van der Waals surface area (Å²) in [5.41, 5.74) is 0.542. The minimum atomic E-state index is -0.953. The van der Waals surface area contributed by atoms with Gasteiger partial charge in [-0.25, -0.2) is 9.37 Å². The maximum atomic E-state index is 13.6. The van der Waals surface area contributed by atoms with Gasteiger partial charge in [0, 0.05) is 10.7 Å². The van der Waals surface area contributed by atoms with E-state index in [2.05, 4.69) is 26.0 Å². The standard InChI is InChI=1S/C11H9BrF2N4O/c12-6-1-8-10(15-2-6)11(14)16-18(8)5-9(19)17-3-7(13)4-17/h1-2,7H,3-5H2. The van der Waals surface area contributed by atoms with Crippen molar-refractivity contribution in [1.29, 1.82) is 0 Å². The Morgan fingerprint density at radius 1 is 1.53 bits per heavy atom. The molecule has 0 aromatic carbocycles. The van der Waals surface area contributed by atoms with E-state index in [-0.39, 0.29) is 31.1 Å². The van der Waals surface area contributed by atoms with Crippen molar-refractivity contribution in [2.24, 2.45) is 0 Å². The van der Waals surface area contributed by atoms with Crippen molar-refractivity contribution in [3.8, 4) is 0 Å². The van der Waals surface area contributed by atoms with Gasteiger partial charge in [-0.15, -0.1) is 5.10 Å². The molecule has 100 valence electrons. The van der Waals surface area contributed by atoms with Crippen LogP contribution in [0.15, 0.2) is 16.7 Å². The maximum Gasteiger partial charge on any atom is 0.258 e. The van der Waals surface area contributed by atoms with Crippen LogP contribution in [0, 0.1) is 5.95 Å². The first kappa shape index (κ1) is 12.5. The number of likely N-dealkylation sites (tertiary alicyclic amines) is 1. The van der Waals surface area contributed by atoms with Crippen molar-refractivity contribution >= 4 is 32.9 Å². The Kier molecular flexibility index (Phi) is 2.96. The van der Waals surface area contributed by atoms with Gasteiger partial charge in [0.15, 0.2) is 0 Å². The lowest BCUT2D eigenvalue weighted by Crippen LogP contribution is -2.52. The average molecular weight is 331 g/mol. The number of alkyl halides is 1. The molecule has 0 N–H and O–H groups in total. The highest BCUT2D eigenvalue weighted by atomic mass is 79.9. The number of halogens is 3. The Hall–Kier alpha value is -1.57. The molecule has 3 rings (SSSR count). The molecule has 5 nitrogen and oxygen atoms in total. The normalized spacial score (nSPS) is 15.8. The summed E-state index contributed by atoms with van der Waals surface area (Å²) in [5, 5.41) is 3.66. The van der Waals surface area contributed by atoms with Crippen LogP contribution in [0.4, 0.5) is 8.78 Å². The van der Waals surface area contributed by atoms with E-state index < -0.39 is 12.1 Å². The molecule has 0 bridgehead atoms. The SMILES string of the molecule is O=C(Cn1nc(F)c2ncc(Br)cc21)N1CC(F)C1. The van der Waals surface area contributed by atoms with Crippen LogP contribution in [-0.4, -0.2) is 44.8 Å². The second kappa shape index (κ2) is 4.52. The van der Waals surface area contributed by atoms with Crippen LogP contribution in [-0.2, 0) is 11.3 Å². The number of pyridine rings is 1. The smallest absolute Gasteiger partial charge is 0.258 e. The fourth-order valence-corrected chi connectivity index (χ4v) is 2.29. The zero-order valence-electron chi connectivity index (χ0n) is 9.68. The van der Waals surface area contributed by atoms with Crippen LogP contribution >= 0.6 is 15.9 Å². The van der Waals surface area contributed by atoms with E-state index in [1.165, 1.54) is 15.8 Å². The van der Waals surface area contributed by atoms with Gasteiger partial charge in [-0.05, 0) is 22.0 Å². The molecule has 2 aromatic rings. The molecule has 0 aliphatic carbocycles. The van der Waals surface area contributed by atoms with Gasteiger partial charge >= 0.3 is 0 Å². The molecule has 0 atom stereocenters. The topological polar surface area (TPSA) is 51.0 Å². The van der Waals surface area contributed by atoms with E-state index >= 15 is 0 Å². The van der Waals surface area contributed by atoms with E-state index in [4.69, 9.17) is 0 Å². The maximum absolute atomic E-state index is 13.6. The van der Waals surface area contributed by atoms with Crippen LogP contribution in [0.25, 0.3) is 11.0 Å². The summed E-state index contributed by atoms with van der Waals surface area (Å²) in [4.78, 5) is 17.1. The lowest BCUT2D eigenvalue weighted by molar-refractivity contribution is -0.139. The Balaban J connectivity index is 1.88. The van der Waals surface area contributed by atoms with Crippen LogP contribution in [0.2, 0.25) is 0 Å². The number of nitrogens with zero attached hydrogens (tertiary/aromatic N) is 4.